The van der Waals surface area contributed by atoms with Gasteiger partial charge >= 0.3 is 12.1 Å². The molecule has 0 fully saturated rings. The highest BCUT2D eigenvalue weighted by molar-refractivity contribution is 5.82. The lowest BCUT2D eigenvalue weighted by Crippen LogP contribution is -2.48. The Kier molecular flexibility index (Phi) is 7.07. The molecular weight excluding hydrogens is 294 g/mol. The Bertz CT molecular complexity index is 508. The molecule has 0 radical (unpaired) electrons. The van der Waals surface area contributed by atoms with Gasteiger partial charge in [-0.3, -0.25) is 4.90 Å². The van der Waals surface area contributed by atoms with Gasteiger partial charge < -0.3 is 9.47 Å². The van der Waals surface area contributed by atoms with E-state index in [2.05, 4.69) is 0 Å². The van der Waals surface area contributed by atoms with Crippen molar-refractivity contribution < 1.29 is 19.1 Å². The van der Waals surface area contributed by atoms with Gasteiger partial charge in [-0.2, -0.15) is 0 Å². The molecule has 0 aliphatic heterocycles. The van der Waals surface area contributed by atoms with Crippen LogP contribution in [0.15, 0.2) is 30.3 Å². The van der Waals surface area contributed by atoms with Crippen LogP contribution in [-0.2, 0) is 20.7 Å². The highest BCUT2D eigenvalue weighted by atomic mass is 16.6. The number of nitrogens with zero attached hydrogens (tertiary/aromatic N) is 1. The molecule has 23 heavy (non-hydrogen) atoms. The van der Waals surface area contributed by atoms with Gasteiger partial charge in [0.25, 0.3) is 0 Å². The molecule has 1 aromatic carbocycles. The summed E-state index contributed by atoms with van der Waals surface area (Å²) in [6, 6.07) is 8.87. The van der Waals surface area contributed by atoms with Gasteiger partial charge in [-0.15, -0.1) is 0 Å². The first-order valence-electron chi connectivity index (χ1n) is 7.98. The SMILES string of the molecule is CCOC(=O)[C@H](Cc1ccccc1)N(CC)C(=O)OC(C)(C)C. The van der Waals surface area contributed by atoms with Crippen LogP contribution in [0.2, 0.25) is 0 Å². The highest BCUT2D eigenvalue weighted by Gasteiger charge is 2.33. The molecule has 1 aromatic rings. The summed E-state index contributed by atoms with van der Waals surface area (Å²) >= 11 is 0. The first-order valence-corrected chi connectivity index (χ1v) is 7.98. The van der Waals surface area contributed by atoms with Crippen LogP contribution in [0, 0.1) is 0 Å². The van der Waals surface area contributed by atoms with E-state index in [-0.39, 0.29) is 6.61 Å². The van der Waals surface area contributed by atoms with Crippen molar-refractivity contribution in [3.63, 3.8) is 0 Å². The van der Waals surface area contributed by atoms with Crippen LogP contribution in [0.1, 0.15) is 40.2 Å². The molecule has 1 atom stereocenters. The number of carbonyl (C=O) groups excluding carboxylic acids is 2. The van der Waals surface area contributed by atoms with Gasteiger partial charge in [-0.1, -0.05) is 30.3 Å². The number of hydrogen-bond acceptors (Lipinski definition) is 4. The zero-order chi connectivity index (χ0) is 17.5. The Hall–Kier alpha value is -2.04. The normalized spacial score (nSPS) is 12.4. The molecule has 0 saturated heterocycles. The Balaban J connectivity index is 3.00. The van der Waals surface area contributed by atoms with Crippen LogP contribution in [0.4, 0.5) is 4.79 Å². The minimum atomic E-state index is -0.697. The van der Waals surface area contributed by atoms with E-state index in [9.17, 15) is 9.59 Å². The summed E-state index contributed by atoms with van der Waals surface area (Å²) in [5, 5.41) is 0. The Labute approximate surface area is 138 Å². The highest BCUT2D eigenvalue weighted by Crippen LogP contribution is 2.16. The molecule has 0 aliphatic carbocycles. The van der Waals surface area contributed by atoms with Crippen molar-refractivity contribution in [1.82, 2.24) is 4.90 Å². The second-order valence-corrected chi connectivity index (χ2v) is 6.22. The third-order valence-electron chi connectivity index (χ3n) is 3.18. The van der Waals surface area contributed by atoms with E-state index in [1.165, 1.54) is 4.90 Å². The summed E-state index contributed by atoms with van der Waals surface area (Å²) in [6.45, 7) is 9.61. The average molecular weight is 321 g/mol. The van der Waals surface area contributed by atoms with Gasteiger partial charge in [0.1, 0.15) is 11.6 Å². The first kappa shape index (κ1) is 19.0. The minimum Gasteiger partial charge on any atom is -0.464 e. The third kappa shape index (κ3) is 6.30. The predicted molar refractivity (Wildman–Crippen MR) is 89.2 cm³/mol. The lowest BCUT2D eigenvalue weighted by atomic mass is 10.0. The van der Waals surface area contributed by atoms with Gasteiger partial charge in [0.15, 0.2) is 0 Å². The lowest BCUT2D eigenvalue weighted by Gasteiger charge is -2.31. The lowest BCUT2D eigenvalue weighted by molar-refractivity contribution is -0.149. The zero-order valence-corrected chi connectivity index (χ0v) is 14.7. The summed E-state index contributed by atoms with van der Waals surface area (Å²) < 4.78 is 10.6. The van der Waals surface area contributed by atoms with Crippen LogP contribution >= 0.6 is 0 Å². The summed E-state index contributed by atoms with van der Waals surface area (Å²) in [6.07, 6.45) is -0.110. The van der Waals surface area contributed by atoms with Crippen molar-refractivity contribution in [2.24, 2.45) is 0 Å². The Morgan fingerprint density at radius 3 is 2.22 bits per heavy atom. The Morgan fingerprint density at radius 2 is 1.74 bits per heavy atom. The maximum atomic E-state index is 12.4. The van der Waals surface area contributed by atoms with E-state index < -0.39 is 23.7 Å². The molecule has 0 N–H and O–H groups in total. The smallest absolute Gasteiger partial charge is 0.411 e. The number of carbonyl (C=O) groups is 2. The largest absolute Gasteiger partial charge is 0.464 e. The zero-order valence-electron chi connectivity index (χ0n) is 14.7. The maximum Gasteiger partial charge on any atom is 0.411 e. The predicted octanol–water partition coefficient (Wildman–Crippen LogP) is 3.42. The Morgan fingerprint density at radius 1 is 1.13 bits per heavy atom. The molecule has 1 amide bonds. The van der Waals surface area contributed by atoms with Crippen molar-refractivity contribution in [3.05, 3.63) is 35.9 Å². The fourth-order valence-electron chi connectivity index (χ4n) is 2.19. The van der Waals surface area contributed by atoms with Crippen molar-refractivity contribution in [1.29, 1.82) is 0 Å². The van der Waals surface area contributed by atoms with Gasteiger partial charge in [-0.05, 0) is 40.2 Å². The van der Waals surface area contributed by atoms with Crippen molar-refractivity contribution in [3.8, 4) is 0 Å². The van der Waals surface area contributed by atoms with E-state index in [0.29, 0.717) is 13.0 Å². The first-order chi connectivity index (χ1) is 10.8. The molecule has 0 aliphatic rings. The van der Waals surface area contributed by atoms with E-state index in [1.54, 1.807) is 27.7 Å². The molecule has 0 spiro atoms. The molecule has 5 nitrogen and oxygen atoms in total. The van der Waals surface area contributed by atoms with Crippen molar-refractivity contribution in [2.75, 3.05) is 13.2 Å². The molecule has 0 unspecified atom stereocenters. The van der Waals surface area contributed by atoms with Crippen LogP contribution in [-0.4, -0.2) is 41.8 Å². The maximum absolute atomic E-state index is 12.4. The van der Waals surface area contributed by atoms with Gasteiger partial charge in [0.05, 0.1) is 6.61 Å². The number of hydrogen-bond donors (Lipinski definition) is 0. The van der Waals surface area contributed by atoms with Crippen LogP contribution < -0.4 is 0 Å². The quantitative estimate of drug-likeness (QED) is 0.753. The number of esters is 1. The van der Waals surface area contributed by atoms with E-state index >= 15 is 0 Å². The molecule has 0 bridgehead atoms. The summed E-state index contributed by atoms with van der Waals surface area (Å²) in [5.74, 6) is -0.413. The molecular formula is C18H27NO4. The molecule has 1 rings (SSSR count). The monoisotopic (exact) mass is 321 g/mol. The van der Waals surface area contributed by atoms with E-state index in [0.717, 1.165) is 5.56 Å². The van der Waals surface area contributed by atoms with Crippen molar-refractivity contribution >= 4 is 12.1 Å². The van der Waals surface area contributed by atoms with E-state index in [4.69, 9.17) is 9.47 Å². The standard InChI is InChI=1S/C18H27NO4/c1-6-19(17(21)23-18(3,4)5)15(16(20)22-7-2)13-14-11-9-8-10-12-14/h8-12,15H,6-7,13H2,1-5H3/t15-/m0/s1. The average Bonchev–Trinajstić information content (AvgIpc) is 2.46. The number of amides is 1. The summed E-state index contributed by atoms with van der Waals surface area (Å²) in [7, 11) is 0. The third-order valence-corrected chi connectivity index (χ3v) is 3.18. The van der Waals surface area contributed by atoms with Crippen LogP contribution in [0.25, 0.3) is 0 Å². The fourth-order valence-corrected chi connectivity index (χ4v) is 2.19. The second kappa shape index (κ2) is 8.56. The van der Waals surface area contributed by atoms with Gasteiger partial charge in [0, 0.05) is 13.0 Å². The fraction of sp³-hybridized carbons (Fsp3) is 0.556. The van der Waals surface area contributed by atoms with Gasteiger partial charge in [0.2, 0.25) is 0 Å². The second-order valence-electron chi connectivity index (χ2n) is 6.22. The molecule has 0 heterocycles. The molecule has 0 aromatic heterocycles. The number of ether oxygens (including phenoxy) is 2. The number of rotatable bonds is 6. The molecule has 0 saturated carbocycles. The molecule has 5 heteroatoms. The summed E-state index contributed by atoms with van der Waals surface area (Å²) in [5.41, 5.74) is 0.351. The summed E-state index contributed by atoms with van der Waals surface area (Å²) in [4.78, 5) is 26.2. The van der Waals surface area contributed by atoms with Crippen molar-refractivity contribution in [2.45, 2.75) is 52.7 Å². The van der Waals surface area contributed by atoms with Crippen LogP contribution in [0.3, 0.4) is 0 Å². The molecule has 128 valence electrons. The van der Waals surface area contributed by atoms with Crippen LogP contribution in [0.5, 0.6) is 0 Å². The van der Waals surface area contributed by atoms with Gasteiger partial charge in [-0.25, -0.2) is 9.59 Å². The number of benzene rings is 1. The topological polar surface area (TPSA) is 55.8 Å². The van der Waals surface area contributed by atoms with E-state index in [1.807, 2.05) is 37.3 Å². The number of likely N-dealkylation sites (N-methyl/N-ethyl adjacent to an activating group) is 1. The minimum absolute atomic E-state index is 0.274.